The fraction of sp³-hybridized carbons (Fsp3) is 0.529. The third-order valence-corrected chi connectivity index (χ3v) is 4.77. The van der Waals surface area contributed by atoms with Crippen molar-refractivity contribution < 1.29 is 14.7 Å². The zero-order chi connectivity index (χ0) is 16.4. The maximum Gasteiger partial charge on any atom is 0.317 e. The number of carboxylic acids is 1. The number of nitrogens with zero attached hydrogens (tertiary/aromatic N) is 2. The van der Waals surface area contributed by atoms with E-state index in [2.05, 4.69) is 16.3 Å². The van der Waals surface area contributed by atoms with E-state index in [0.717, 1.165) is 31.6 Å². The number of carboxylic acid groups (broad SMARTS) is 1. The van der Waals surface area contributed by atoms with Crippen LogP contribution in [0, 0.1) is 0 Å². The van der Waals surface area contributed by atoms with Crippen LogP contribution < -0.4 is 10.2 Å². The average molecular weight is 317 g/mol. The van der Waals surface area contributed by atoms with Gasteiger partial charge in [0.05, 0.1) is 13.1 Å². The molecule has 124 valence electrons. The number of fused-ring (bicyclic) bond motifs is 1. The van der Waals surface area contributed by atoms with Crippen molar-refractivity contribution in [2.75, 3.05) is 37.6 Å². The summed E-state index contributed by atoms with van der Waals surface area (Å²) in [6.45, 7) is 4.62. The van der Waals surface area contributed by atoms with Crippen LogP contribution in [-0.2, 0) is 16.0 Å². The molecule has 0 aromatic heterocycles. The molecule has 0 bridgehead atoms. The summed E-state index contributed by atoms with van der Waals surface area (Å²) in [5, 5.41) is 11.9. The lowest BCUT2D eigenvalue weighted by molar-refractivity contribution is -0.136. The van der Waals surface area contributed by atoms with Crippen LogP contribution in [-0.4, -0.2) is 60.1 Å². The molecular formula is C17H23N3O3. The molecule has 0 aliphatic carbocycles. The summed E-state index contributed by atoms with van der Waals surface area (Å²) in [5.74, 6) is -0.730. The van der Waals surface area contributed by atoms with Gasteiger partial charge in [-0.2, -0.15) is 0 Å². The van der Waals surface area contributed by atoms with Crippen LogP contribution in [0.1, 0.15) is 18.9 Å². The molecule has 1 unspecified atom stereocenters. The molecule has 6 nitrogen and oxygen atoms in total. The number of hydrogen-bond donors (Lipinski definition) is 2. The molecule has 2 heterocycles. The maximum absolute atomic E-state index is 12.6. The summed E-state index contributed by atoms with van der Waals surface area (Å²) in [5.41, 5.74) is 2.03. The molecule has 1 saturated heterocycles. The van der Waals surface area contributed by atoms with E-state index in [4.69, 9.17) is 5.11 Å². The standard InChI is InChI=1S/C17H23N3O3/c1-17(18-10-16(22)23)7-9-19(12-17)11-15(21)20-8-6-13-4-2-3-5-14(13)20/h2-5,18H,6-12H2,1H3,(H,22,23). The Bertz CT molecular complexity index is 619. The molecule has 23 heavy (non-hydrogen) atoms. The Balaban J connectivity index is 1.57. The molecule has 0 saturated carbocycles. The summed E-state index contributed by atoms with van der Waals surface area (Å²) in [6, 6.07) is 8.05. The van der Waals surface area contributed by atoms with Gasteiger partial charge in [0.2, 0.25) is 5.91 Å². The molecule has 1 aromatic rings. The SMILES string of the molecule is CC1(NCC(=O)O)CCN(CC(=O)N2CCc3ccccc32)C1. The molecule has 3 rings (SSSR count). The predicted octanol–water partition coefficient (Wildman–Crippen LogP) is 0.714. The normalized spacial score (nSPS) is 24.0. The van der Waals surface area contributed by atoms with Gasteiger partial charge in [-0.15, -0.1) is 0 Å². The first-order chi connectivity index (χ1) is 11.0. The number of anilines is 1. The average Bonchev–Trinajstić information content (AvgIpc) is 3.10. The van der Waals surface area contributed by atoms with E-state index >= 15 is 0 Å². The number of aliphatic carboxylic acids is 1. The van der Waals surface area contributed by atoms with Crippen molar-refractivity contribution in [3.05, 3.63) is 29.8 Å². The second kappa shape index (κ2) is 6.29. The Labute approximate surface area is 136 Å². The van der Waals surface area contributed by atoms with Crippen LogP contribution in [0.2, 0.25) is 0 Å². The monoisotopic (exact) mass is 317 g/mol. The maximum atomic E-state index is 12.6. The molecule has 6 heteroatoms. The number of para-hydroxylation sites is 1. The third kappa shape index (κ3) is 3.54. The third-order valence-electron chi connectivity index (χ3n) is 4.77. The van der Waals surface area contributed by atoms with Crippen LogP contribution in [0.4, 0.5) is 5.69 Å². The van der Waals surface area contributed by atoms with Crippen LogP contribution in [0.25, 0.3) is 0 Å². The van der Waals surface area contributed by atoms with Gasteiger partial charge in [0.25, 0.3) is 0 Å². The lowest BCUT2D eigenvalue weighted by atomic mass is 10.0. The first-order valence-corrected chi connectivity index (χ1v) is 8.04. The first kappa shape index (κ1) is 16.0. The van der Waals surface area contributed by atoms with Gasteiger partial charge in [-0.3, -0.25) is 14.5 Å². The van der Waals surface area contributed by atoms with E-state index in [1.54, 1.807) is 0 Å². The minimum atomic E-state index is -0.852. The Morgan fingerprint density at radius 3 is 2.87 bits per heavy atom. The summed E-state index contributed by atoms with van der Waals surface area (Å²) in [4.78, 5) is 27.3. The van der Waals surface area contributed by atoms with E-state index < -0.39 is 5.97 Å². The second-order valence-corrected chi connectivity index (χ2v) is 6.69. The van der Waals surface area contributed by atoms with E-state index in [-0.39, 0.29) is 18.0 Å². The number of carbonyl (C=O) groups excluding carboxylic acids is 1. The summed E-state index contributed by atoms with van der Waals surface area (Å²) in [6.07, 6.45) is 1.77. The fourth-order valence-corrected chi connectivity index (χ4v) is 3.50. The fourth-order valence-electron chi connectivity index (χ4n) is 3.50. The quantitative estimate of drug-likeness (QED) is 0.837. The second-order valence-electron chi connectivity index (χ2n) is 6.69. The highest BCUT2D eigenvalue weighted by Crippen LogP contribution is 2.28. The Morgan fingerprint density at radius 2 is 2.09 bits per heavy atom. The minimum absolute atomic E-state index is 0.0439. The largest absolute Gasteiger partial charge is 0.480 e. The van der Waals surface area contributed by atoms with Gasteiger partial charge in [0.15, 0.2) is 0 Å². The van der Waals surface area contributed by atoms with Gasteiger partial charge in [-0.1, -0.05) is 18.2 Å². The lowest BCUT2D eigenvalue weighted by Gasteiger charge is -2.26. The van der Waals surface area contributed by atoms with Crippen molar-refractivity contribution in [3.8, 4) is 0 Å². The van der Waals surface area contributed by atoms with Crippen LogP contribution in [0.15, 0.2) is 24.3 Å². The van der Waals surface area contributed by atoms with Crippen molar-refractivity contribution in [1.29, 1.82) is 0 Å². The molecule has 0 radical (unpaired) electrons. The summed E-state index contributed by atoms with van der Waals surface area (Å²) >= 11 is 0. The van der Waals surface area contributed by atoms with E-state index in [9.17, 15) is 9.59 Å². The van der Waals surface area contributed by atoms with E-state index in [1.807, 2.05) is 30.0 Å². The van der Waals surface area contributed by atoms with Gasteiger partial charge < -0.3 is 15.3 Å². The Hall–Kier alpha value is -1.92. The van der Waals surface area contributed by atoms with Crippen molar-refractivity contribution in [2.24, 2.45) is 0 Å². The minimum Gasteiger partial charge on any atom is -0.480 e. The highest BCUT2D eigenvalue weighted by Gasteiger charge is 2.35. The van der Waals surface area contributed by atoms with Crippen molar-refractivity contribution >= 4 is 17.6 Å². The smallest absolute Gasteiger partial charge is 0.317 e. The molecule has 1 amide bonds. The lowest BCUT2D eigenvalue weighted by Crippen LogP contribution is -2.48. The molecule has 2 aliphatic heterocycles. The Morgan fingerprint density at radius 1 is 1.30 bits per heavy atom. The van der Waals surface area contributed by atoms with E-state index in [0.29, 0.717) is 13.1 Å². The number of rotatable bonds is 5. The summed E-state index contributed by atoms with van der Waals surface area (Å²) in [7, 11) is 0. The van der Waals surface area contributed by atoms with Gasteiger partial charge in [0, 0.05) is 30.9 Å². The number of benzene rings is 1. The highest BCUT2D eigenvalue weighted by atomic mass is 16.4. The summed E-state index contributed by atoms with van der Waals surface area (Å²) < 4.78 is 0. The molecular weight excluding hydrogens is 294 g/mol. The van der Waals surface area contributed by atoms with Gasteiger partial charge >= 0.3 is 5.97 Å². The predicted molar refractivity (Wildman–Crippen MR) is 87.6 cm³/mol. The number of amides is 1. The van der Waals surface area contributed by atoms with Crippen molar-refractivity contribution in [1.82, 2.24) is 10.2 Å². The van der Waals surface area contributed by atoms with Crippen molar-refractivity contribution in [2.45, 2.75) is 25.3 Å². The van der Waals surface area contributed by atoms with Gasteiger partial charge in [-0.25, -0.2) is 0 Å². The zero-order valence-corrected chi connectivity index (χ0v) is 13.4. The van der Waals surface area contributed by atoms with Gasteiger partial charge in [0.1, 0.15) is 0 Å². The molecule has 1 fully saturated rings. The van der Waals surface area contributed by atoms with Crippen molar-refractivity contribution in [3.63, 3.8) is 0 Å². The molecule has 1 aromatic carbocycles. The molecule has 1 atom stereocenters. The van der Waals surface area contributed by atoms with Crippen LogP contribution >= 0.6 is 0 Å². The van der Waals surface area contributed by atoms with Crippen LogP contribution in [0.3, 0.4) is 0 Å². The molecule has 2 N–H and O–H groups in total. The van der Waals surface area contributed by atoms with Crippen LogP contribution in [0.5, 0.6) is 0 Å². The molecule has 0 spiro atoms. The Kier molecular flexibility index (Phi) is 4.37. The number of likely N-dealkylation sites (tertiary alicyclic amines) is 1. The highest BCUT2D eigenvalue weighted by molar-refractivity contribution is 5.96. The van der Waals surface area contributed by atoms with E-state index in [1.165, 1.54) is 5.56 Å². The zero-order valence-electron chi connectivity index (χ0n) is 13.4. The number of carbonyl (C=O) groups is 2. The molecule has 2 aliphatic rings. The first-order valence-electron chi connectivity index (χ1n) is 8.04. The van der Waals surface area contributed by atoms with Gasteiger partial charge in [-0.05, 0) is 31.4 Å². The topological polar surface area (TPSA) is 72.9 Å². The number of hydrogen-bond acceptors (Lipinski definition) is 4. The number of nitrogens with one attached hydrogen (secondary N) is 1.